The Morgan fingerprint density at radius 2 is 1.91 bits per heavy atom. The smallest absolute Gasteiger partial charge is 0.311 e. The Balaban J connectivity index is 3.45. The molecule has 0 atom stereocenters. The summed E-state index contributed by atoms with van der Waals surface area (Å²) in [6.45, 7) is 3.19. The van der Waals surface area contributed by atoms with Crippen LogP contribution in [0.2, 0.25) is 0 Å². The zero-order valence-corrected chi connectivity index (χ0v) is 6.33. The highest BCUT2D eigenvalue weighted by Gasteiger charge is 2.05. The zero-order chi connectivity index (χ0) is 8.69. The summed E-state index contributed by atoms with van der Waals surface area (Å²) in [4.78, 5) is 21.0. The molecular formula is C7H10O4. The summed E-state index contributed by atoms with van der Waals surface area (Å²) in [5.74, 6) is -0.906. The number of rotatable bonds is 4. The van der Waals surface area contributed by atoms with E-state index in [2.05, 4.69) is 16.1 Å². The van der Waals surface area contributed by atoms with Gasteiger partial charge in [-0.25, -0.2) is 0 Å². The van der Waals surface area contributed by atoms with Crippen molar-refractivity contribution in [3.8, 4) is 0 Å². The second kappa shape index (κ2) is 5.46. The van der Waals surface area contributed by atoms with E-state index in [0.29, 0.717) is 0 Å². The molecule has 0 N–H and O–H groups in total. The lowest BCUT2D eigenvalue weighted by molar-refractivity contribution is -0.145. The van der Waals surface area contributed by atoms with E-state index in [1.54, 1.807) is 0 Å². The Bertz CT molecular complexity index is 162. The van der Waals surface area contributed by atoms with Gasteiger partial charge >= 0.3 is 11.9 Å². The van der Waals surface area contributed by atoms with Crippen LogP contribution in [0.15, 0.2) is 12.8 Å². The molecule has 0 unspecified atom stereocenters. The number of hydrogen-bond acceptors (Lipinski definition) is 4. The van der Waals surface area contributed by atoms with Crippen LogP contribution >= 0.6 is 0 Å². The molecule has 0 aliphatic carbocycles. The van der Waals surface area contributed by atoms with Crippen molar-refractivity contribution in [1.82, 2.24) is 0 Å². The highest BCUT2D eigenvalue weighted by atomic mass is 16.5. The van der Waals surface area contributed by atoms with Crippen LogP contribution in [0.5, 0.6) is 0 Å². The van der Waals surface area contributed by atoms with Crippen LogP contribution < -0.4 is 0 Å². The second-order valence-corrected chi connectivity index (χ2v) is 1.73. The lowest BCUT2D eigenvalue weighted by Crippen LogP contribution is -2.06. The standard InChI is InChI=1S/C7H10O4/c1-3-11-7(9)5-4-6(8)10-2/h3H,1,4-5H2,2H3. The van der Waals surface area contributed by atoms with Gasteiger partial charge in [0.05, 0.1) is 26.2 Å². The number of hydrogen-bond donors (Lipinski definition) is 0. The molecule has 0 aromatic heterocycles. The molecule has 0 fully saturated rings. The van der Waals surface area contributed by atoms with Gasteiger partial charge in [0.2, 0.25) is 0 Å². The Hall–Kier alpha value is -1.32. The quantitative estimate of drug-likeness (QED) is 0.444. The van der Waals surface area contributed by atoms with Crippen molar-refractivity contribution < 1.29 is 19.1 Å². The van der Waals surface area contributed by atoms with Crippen LogP contribution in [0.4, 0.5) is 0 Å². The predicted molar refractivity (Wildman–Crippen MR) is 37.5 cm³/mol. The minimum atomic E-state index is -0.481. The third kappa shape index (κ3) is 5.14. The number of carbonyl (C=O) groups excluding carboxylic acids is 2. The summed E-state index contributed by atoms with van der Waals surface area (Å²) < 4.78 is 8.66. The van der Waals surface area contributed by atoms with Gasteiger partial charge in [-0.3, -0.25) is 9.59 Å². The average molecular weight is 158 g/mol. The van der Waals surface area contributed by atoms with E-state index >= 15 is 0 Å². The van der Waals surface area contributed by atoms with E-state index in [4.69, 9.17) is 0 Å². The minimum absolute atomic E-state index is 0.0265. The summed E-state index contributed by atoms with van der Waals surface area (Å²) in [5, 5.41) is 0. The molecule has 0 bridgehead atoms. The Labute approximate surface area is 64.8 Å². The van der Waals surface area contributed by atoms with Gasteiger partial charge in [-0.05, 0) is 0 Å². The third-order valence-electron chi connectivity index (χ3n) is 0.976. The summed E-state index contributed by atoms with van der Waals surface area (Å²) >= 11 is 0. The number of methoxy groups -OCH3 is 1. The van der Waals surface area contributed by atoms with Crippen LogP contribution in [0.25, 0.3) is 0 Å². The fraction of sp³-hybridized carbons (Fsp3) is 0.429. The van der Waals surface area contributed by atoms with Gasteiger partial charge in [-0.15, -0.1) is 0 Å². The van der Waals surface area contributed by atoms with Crippen molar-refractivity contribution in [3.05, 3.63) is 12.8 Å². The van der Waals surface area contributed by atoms with Gasteiger partial charge in [0.15, 0.2) is 0 Å². The van der Waals surface area contributed by atoms with Crippen LogP contribution in [0.3, 0.4) is 0 Å². The Morgan fingerprint density at radius 1 is 1.36 bits per heavy atom. The molecule has 11 heavy (non-hydrogen) atoms. The van der Waals surface area contributed by atoms with E-state index in [1.165, 1.54) is 7.11 Å². The topological polar surface area (TPSA) is 52.6 Å². The maximum atomic E-state index is 10.6. The third-order valence-corrected chi connectivity index (χ3v) is 0.976. The predicted octanol–water partition coefficient (Wildman–Crippen LogP) is 0.626. The molecule has 0 radical (unpaired) electrons. The first-order valence-electron chi connectivity index (χ1n) is 3.08. The monoisotopic (exact) mass is 158 g/mol. The van der Waals surface area contributed by atoms with Crippen molar-refractivity contribution in [2.45, 2.75) is 12.8 Å². The molecule has 0 saturated heterocycles. The summed E-state index contributed by atoms with van der Waals surface area (Å²) in [7, 11) is 1.27. The first-order valence-corrected chi connectivity index (χ1v) is 3.08. The fourth-order valence-corrected chi connectivity index (χ4v) is 0.458. The molecule has 0 spiro atoms. The van der Waals surface area contributed by atoms with Crippen LogP contribution in [0.1, 0.15) is 12.8 Å². The maximum absolute atomic E-state index is 10.6. The average Bonchev–Trinajstić information content (AvgIpc) is 2.01. The fourth-order valence-electron chi connectivity index (χ4n) is 0.458. The van der Waals surface area contributed by atoms with Gasteiger partial charge in [0.25, 0.3) is 0 Å². The highest BCUT2D eigenvalue weighted by molar-refractivity contribution is 5.77. The molecule has 0 rings (SSSR count). The van der Waals surface area contributed by atoms with Gasteiger partial charge < -0.3 is 9.47 Å². The lowest BCUT2D eigenvalue weighted by Gasteiger charge is -1.97. The van der Waals surface area contributed by atoms with Crippen molar-refractivity contribution in [1.29, 1.82) is 0 Å². The highest BCUT2D eigenvalue weighted by Crippen LogP contribution is 1.94. The molecule has 0 heterocycles. The van der Waals surface area contributed by atoms with Gasteiger partial charge in [0, 0.05) is 0 Å². The van der Waals surface area contributed by atoms with E-state index in [9.17, 15) is 9.59 Å². The first-order chi connectivity index (χ1) is 5.20. The van der Waals surface area contributed by atoms with Gasteiger partial charge in [-0.1, -0.05) is 6.58 Å². The molecule has 0 aromatic carbocycles. The molecule has 0 amide bonds. The molecule has 4 nitrogen and oxygen atoms in total. The van der Waals surface area contributed by atoms with Crippen molar-refractivity contribution >= 4 is 11.9 Å². The lowest BCUT2D eigenvalue weighted by atomic mass is 10.3. The second-order valence-electron chi connectivity index (χ2n) is 1.73. The Morgan fingerprint density at radius 3 is 2.36 bits per heavy atom. The van der Waals surface area contributed by atoms with E-state index in [0.717, 1.165) is 6.26 Å². The van der Waals surface area contributed by atoms with Crippen LogP contribution in [-0.2, 0) is 19.1 Å². The van der Waals surface area contributed by atoms with E-state index in [1.807, 2.05) is 0 Å². The first kappa shape index (κ1) is 9.68. The Kier molecular flexibility index (Phi) is 4.81. The summed E-state index contributed by atoms with van der Waals surface area (Å²) in [5.41, 5.74) is 0. The number of esters is 2. The van der Waals surface area contributed by atoms with Gasteiger partial charge in [0.1, 0.15) is 0 Å². The zero-order valence-electron chi connectivity index (χ0n) is 6.33. The van der Waals surface area contributed by atoms with Crippen molar-refractivity contribution in [3.63, 3.8) is 0 Å². The van der Waals surface area contributed by atoms with Crippen molar-refractivity contribution in [2.75, 3.05) is 7.11 Å². The molecule has 0 aliphatic rings. The van der Waals surface area contributed by atoms with Crippen molar-refractivity contribution in [2.24, 2.45) is 0 Å². The van der Waals surface area contributed by atoms with E-state index < -0.39 is 11.9 Å². The van der Waals surface area contributed by atoms with Crippen LogP contribution in [0, 0.1) is 0 Å². The number of carbonyl (C=O) groups is 2. The normalized spacial score (nSPS) is 8.45. The number of ether oxygens (including phenoxy) is 2. The molecule has 4 heteroatoms. The largest absolute Gasteiger partial charge is 0.469 e. The minimum Gasteiger partial charge on any atom is -0.469 e. The van der Waals surface area contributed by atoms with Gasteiger partial charge in [-0.2, -0.15) is 0 Å². The molecule has 62 valence electrons. The molecule has 0 aliphatic heterocycles. The maximum Gasteiger partial charge on any atom is 0.311 e. The SMILES string of the molecule is C=COC(=O)CCC(=O)OC. The summed E-state index contributed by atoms with van der Waals surface area (Å²) in [6, 6.07) is 0. The van der Waals surface area contributed by atoms with E-state index in [-0.39, 0.29) is 12.8 Å². The summed E-state index contributed by atoms with van der Waals surface area (Å²) in [6.07, 6.45) is 1.10. The van der Waals surface area contributed by atoms with Crippen LogP contribution in [-0.4, -0.2) is 19.0 Å². The molecule has 0 saturated carbocycles. The molecular weight excluding hydrogens is 148 g/mol. The molecule has 0 aromatic rings.